The summed E-state index contributed by atoms with van der Waals surface area (Å²) in [5.41, 5.74) is -0.720. The number of carbonyl (C=O) groups excluding carboxylic acids is 1. The minimum absolute atomic E-state index is 0.217. The number of hydrogen-bond donors (Lipinski definition) is 1. The molecule has 1 saturated heterocycles. The van der Waals surface area contributed by atoms with E-state index in [0.29, 0.717) is 12.8 Å². The Bertz CT molecular complexity index is 721. The molecule has 0 aromatic heterocycles. The summed E-state index contributed by atoms with van der Waals surface area (Å²) in [5, 5.41) is 12.9. The number of rotatable bonds is 4. The molecule has 8 nitrogen and oxygen atoms in total. The van der Waals surface area contributed by atoms with E-state index in [1.807, 2.05) is 0 Å². The van der Waals surface area contributed by atoms with Crippen molar-refractivity contribution in [3.63, 3.8) is 0 Å². The van der Waals surface area contributed by atoms with Crippen molar-refractivity contribution in [2.75, 3.05) is 18.1 Å². The number of halogens is 1. The van der Waals surface area contributed by atoms with Crippen LogP contribution >= 0.6 is 0 Å². The molecule has 2 rings (SSSR count). The molecule has 0 saturated carbocycles. The molecular formula is C12H14FN3O5S. The number of hydrogen-bond acceptors (Lipinski definition) is 5. The lowest BCUT2D eigenvalue weighted by Gasteiger charge is -2.21. The van der Waals surface area contributed by atoms with E-state index >= 15 is 0 Å². The van der Waals surface area contributed by atoms with Gasteiger partial charge in [-0.05, 0) is 18.9 Å². The highest BCUT2D eigenvalue weighted by atomic mass is 32.2. The molecule has 1 heterocycles. The quantitative estimate of drug-likeness (QED) is 0.656. The van der Waals surface area contributed by atoms with E-state index in [2.05, 4.69) is 5.32 Å². The molecule has 120 valence electrons. The van der Waals surface area contributed by atoms with E-state index in [0.717, 1.165) is 28.8 Å². The lowest BCUT2D eigenvalue weighted by molar-refractivity contribution is -0.384. The Morgan fingerprint density at radius 3 is 2.77 bits per heavy atom. The number of sulfonamides is 1. The van der Waals surface area contributed by atoms with Gasteiger partial charge in [0.15, 0.2) is 0 Å². The summed E-state index contributed by atoms with van der Waals surface area (Å²) < 4.78 is 37.9. The molecule has 1 N–H and O–H groups in total. The fourth-order valence-electron chi connectivity index (χ4n) is 2.34. The Morgan fingerprint density at radius 2 is 2.18 bits per heavy atom. The fraction of sp³-hybridized carbons (Fsp3) is 0.417. The van der Waals surface area contributed by atoms with Gasteiger partial charge in [-0.15, -0.1) is 0 Å². The molecule has 0 bridgehead atoms. The van der Waals surface area contributed by atoms with Crippen LogP contribution in [0.1, 0.15) is 12.8 Å². The molecule has 1 aliphatic heterocycles. The standard InChI is InChI=1S/C12H14FN3O5S/c1-22(20,21)15-6-2-3-11(15)12(17)14-10-7-8(16(18)19)4-5-9(10)13/h4-5,7,11H,2-3,6H2,1H3,(H,14,17). The molecule has 1 atom stereocenters. The predicted octanol–water partition coefficient (Wildman–Crippen LogP) is 1.10. The maximum absolute atomic E-state index is 13.6. The van der Waals surface area contributed by atoms with Crippen molar-refractivity contribution in [3.8, 4) is 0 Å². The number of nitro groups is 1. The van der Waals surface area contributed by atoms with Crippen LogP contribution in [0.15, 0.2) is 18.2 Å². The number of carbonyl (C=O) groups is 1. The van der Waals surface area contributed by atoms with Crippen molar-refractivity contribution in [2.45, 2.75) is 18.9 Å². The number of nitrogens with zero attached hydrogens (tertiary/aromatic N) is 2. The minimum Gasteiger partial charge on any atom is -0.322 e. The zero-order valence-corrected chi connectivity index (χ0v) is 12.5. The van der Waals surface area contributed by atoms with Crippen molar-refractivity contribution in [3.05, 3.63) is 34.1 Å². The minimum atomic E-state index is -3.55. The topological polar surface area (TPSA) is 110 Å². The normalized spacial score (nSPS) is 19.1. The first-order valence-electron chi connectivity index (χ1n) is 6.42. The van der Waals surface area contributed by atoms with Gasteiger partial charge in [0.05, 0.1) is 16.9 Å². The van der Waals surface area contributed by atoms with Crippen LogP contribution in [0, 0.1) is 15.9 Å². The van der Waals surface area contributed by atoms with Crippen molar-refractivity contribution in [1.29, 1.82) is 0 Å². The number of benzene rings is 1. The number of anilines is 1. The molecule has 1 amide bonds. The summed E-state index contributed by atoms with van der Waals surface area (Å²) in [7, 11) is -3.55. The van der Waals surface area contributed by atoms with Gasteiger partial charge in [-0.3, -0.25) is 14.9 Å². The number of non-ortho nitro benzene ring substituents is 1. The zero-order chi connectivity index (χ0) is 16.5. The number of nitro benzene ring substituents is 1. The van der Waals surface area contributed by atoms with Crippen LogP contribution in [0.3, 0.4) is 0 Å². The van der Waals surface area contributed by atoms with Crippen LogP contribution in [0.2, 0.25) is 0 Å². The first kappa shape index (κ1) is 16.3. The van der Waals surface area contributed by atoms with Crippen LogP contribution in [-0.4, -0.2) is 42.4 Å². The van der Waals surface area contributed by atoms with Crippen LogP contribution in [0.25, 0.3) is 0 Å². The van der Waals surface area contributed by atoms with Crippen molar-refractivity contribution in [1.82, 2.24) is 4.31 Å². The van der Waals surface area contributed by atoms with Gasteiger partial charge in [0.2, 0.25) is 15.9 Å². The zero-order valence-electron chi connectivity index (χ0n) is 11.7. The second-order valence-electron chi connectivity index (χ2n) is 4.94. The molecular weight excluding hydrogens is 317 g/mol. The van der Waals surface area contributed by atoms with Crippen LogP contribution in [0.5, 0.6) is 0 Å². The van der Waals surface area contributed by atoms with Gasteiger partial charge in [-0.2, -0.15) is 4.31 Å². The lowest BCUT2D eigenvalue weighted by atomic mass is 10.2. The van der Waals surface area contributed by atoms with E-state index in [1.165, 1.54) is 0 Å². The molecule has 1 unspecified atom stereocenters. The average Bonchev–Trinajstić information content (AvgIpc) is 2.90. The van der Waals surface area contributed by atoms with Gasteiger partial charge in [0, 0.05) is 18.7 Å². The number of nitrogens with one attached hydrogen (secondary N) is 1. The molecule has 0 spiro atoms. The highest BCUT2D eigenvalue weighted by Crippen LogP contribution is 2.25. The van der Waals surface area contributed by atoms with Crippen LogP contribution < -0.4 is 5.32 Å². The first-order chi connectivity index (χ1) is 10.2. The fourth-order valence-corrected chi connectivity index (χ4v) is 3.46. The van der Waals surface area contributed by atoms with E-state index in [1.54, 1.807) is 0 Å². The van der Waals surface area contributed by atoms with E-state index < -0.39 is 32.7 Å². The SMILES string of the molecule is CS(=O)(=O)N1CCCC1C(=O)Nc1cc([N+](=O)[O-])ccc1F. The molecule has 1 aliphatic rings. The van der Waals surface area contributed by atoms with Gasteiger partial charge in [-0.25, -0.2) is 12.8 Å². The third-order valence-corrected chi connectivity index (χ3v) is 4.64. The predicted molar refractivity (Wildman–Crippen MR) is 76.3 cm³/mol. The molecule has 1 aromatic carbocycles. The average molecular weight is 331 g/mol. The Balaban J connectivity index is 2.22. The van der Waals surface area contributed by atoms with E-state index in [9.17, 15) is 27.7 Å². The Hall–Kier alpha value is -2.07. The molecule has 22 heavy (non-hydrogen) atoms. The third kappa shape index (κ3) is 3.39. The largest absolute Gasteiger partial charge is 0.322 e. The molecule has 0 aliphatic carbocycles. The summed E-state index contributed by atoms with van der Waals surface area (Å²) in [4.78, 5) is 22.1. The second kappa shape index (κ2) is 5.97. The molecule has 1 aromatic rings. The van der Waals surface area contributed by atoms with Crippen LogP contribution in [-0.2, 0) is 14.8 Å². The van der Waals surface area contributed by atoms with Crippen molar-refractivity contribution < 1.29 is 22.5 Å². The summed E-state index contributed by atoms with van der Waals surface area (Å²) >= 11 is 0. The first-order valence-corrected chi connectivity index (χ1v) is 8.26. The lowest BCUT2D eigenvalue weighted by Crippen LogP contribution is -2.42. The van der Waals surface area contributed by atoms with Gasteiger partial charge in [0.25, 0.3) is 5.69 Å². The maximum atomic E-state index is 13.6. The van der Waals surface area contributed by atoms with Gasteiger partial charge < -0.3 is 5.32 Å². The molecule has 0 radical (unpaired) electrons. The van der Waals surface area contributed by atoms with Gasteiger partial charge >= 0.3 is 0 Å². The Morgan fingerprint density at radius 1 is 1.50 bits per heavy atom. The Labute approximate surface area is 126 Å². The van der Waals surface area contributed by atoms with Gasteiger partial charge in [-0.1, -0.05) is 0 Å². The smallest absolute Gasteiger partial charge is 0.271 e. The van der Waals surface area contributed by atoms with Crippen molar-refractivity contribution >= 4 is 27.3 Å². The van der Waals surface area contributed by atoms with Crippen molar-refractivity contribution in [2.24, 2.45) is 0 Å². The van der Waals surface area contributed by atoms with Crippen LogP contribution in [0.4, 0.5) is 15.8 Å². The summed E-state index contributed by atoms with van der Waals surface area (Å²) in [6, 6.07) is 1.81. The summed E-state index contributed by atoms with van der Waals surface area (Å²) in [6.45, 7) is 0.217. The number of amides is 1. The van der Waals surface area contributed by atoms with E-state index in [4.69, 9.17) is 0 Å². The maximum Gasteiger partial charge on any atom is 0.271 e. The summed E-state index contributed by atoms with van der Waals surface area (Å²) in [6.07, 6.45) is 1.82. The molecule has 10 heteroatoms. The highest BCUT2D eigenvalue weighted by Gasteiger charge is 2.36. The second-order valence-corrected chi connectivity index (χ2v) is 6.88. The van der Waals surface area contributed by atoms with E-state index in [-0.39, 0.29) is 17.9 Å². The third-order valence-electron chi connectivity index (χ3n) is 3.35. The van der Waals surface area contributed by atoms with Gasteiger partial charge in [0.1, 0.15) is 11.9 Å². The Kier molecular flexibility index (Phi) is 4.42. The monoisotopic (exact) mass is 331 g/mol. The molecule has 1 fully saturated rings. The highest BCUT2D eigenvalue weighted by molar-refractivity contribution is 7.88. The summed E-state index contributed by atoms with van der Waals surface area (Å²) in [5.74, 6) is -1.54.